The van der Waals surface area contributed by atoms with Crippen LogP contribution in [0.2, 0.25) is 0 Å². The van der Waals surface area contributed by atoms with Gasteiger partial charge in [-0.25, -0.2) is 18.0 Å². The summed E-state index contributed by atoms with van der Waals surface area (Å²) >= 11 is 3.48. The average Bonchev–Trinajstić information content (AvgIpc) is 3.07. The molecule has 1 unspecified atom stereocenters. The lowest BCUT2D eigenvalue weighted by Crippen LogP contribution is -2.42. The van der Waals surface area contributed by atoms with E-state index >= 15 is 0 Å². The molecule has 2 aromatic carbocycles. The number of amides is 2. The lowest BCUT2D eigenvalue weighted by Gasteiger charge is -2.33. The van der Waals surface area contributed by atoms with E-state index in [1.54, 1.807) is 25.7 Å². The van der Waals surface area contributed by atoms with Crippen molar-refractivity contribution in [3.8, 4) is 0 Å². The molecule has 0 bridgehead atoms. The lowest BCUT2D eigenvalue weighted by molar-refractivity contribution is -0.138. The van der Waals surface area contributed by atoms with Gasteiger partial charge in [-0.1, -0.05) is 15.9 Å². The molecule has 2 aliphatic rings. The number of hydrogen-bond donors (Lipinski definition) is 0. The predicted molar refractivity (Wildman–Crippen MR) is 202 cm³/mol. The van der Waals surface area contributed by atoms with E-state index in [2.05, 4.69) is 15.9 Å². The number of sulfone groups is 1. The smallest absolute Gasteiger partial charge is 0.416 e. The number of nitrogens with zero attached hydrogens (tertiary/aromatic N) is 2. The first kappa shape index (κ1) is 48.3. The maximum absolute atomic E-state index is 12.6. The molecule has 2 fully saturated rings. The molecule has 18 heteroatoms. The van der Waals surface area contributed by atoms with Crippen molar-refractivity contribution in [3.05, 3.63) is 59.7 Å². The Morgan fingerprint density at radius 1 is 0.691 bits per heavy atom. The molecule has 0 saturated carbocycles. The number of alkyl halides is 7. The van der Waals surface area contributed by atoms with Gasteiger partial charge in [0.1, 0.15) is 11.2 Å². The number of rotatable bonds is 5. The summed E-state index contributed by atoms with van der Waals surface area (Å²) in [7, 11) is -4.92. The first-order valence-corrected chi connectivity index (χ1v) is 21.9. The van der Waals surface area contributed by atoms with Crippen LogP contribution in [0.3, 0.4) is 0 Å². The van der Waals surface area contributed by atoms with Crippen molar-refractivity contribution in [1.82, 2.24) is 9.80 Å². The summed E-state index contributed by atoms with van der Waals surface area (Å²) in [5.74, 6) is 0.403. The molecule has 2 aromatic rings. The van der Waals surface area contributed by atoms with Crippen LogP contribution in [0.25, 0.3) is 0 Å². The van der Waals surface area contributed by atoms with Crippen molar-refractivity contribution >= 4 is 48.8 Å². The highest BCUT2D eigenvalue weighted by atomic mass is 79.9. The topological polar surface area (TPSA) is 110 Å². The molecule has 0 radical (unpaired) electrons. The summed E-state index contributed by atoms with van der Waals surface area (Å²) < 4.78 is 120. The Morgan fingerprint density at radius 3 is 1.35 bits per heavy atom. The van der Waals surface area contributed by atoms with Gasteiger partial charge >= 0.3 is 24.5 Å². The number of halogens is 7. The predicted octanol–water partition coefficient (Wildman–Crippen LogP) is 9.60. The average molecular weight is 894 g/mol. The van der Waals surface area contributed by atoms with Crippen LogP contribution in [0.5, 0.6) is 0 Å². The number of carbonyl (C=O) groups is 2. The van der Waals surface area contributed by atoms with Crippen LogP contribution in [0.15, 0.2) is 58.3 Å². The molecule has 312 valence electrons. The number of ether oxygens (including phenoxy) is 2. The van der Waals surface area contributed by atoms with Crippen molar-refractivity contribution in [2.45, 2.75) is 101 Å². The second-order valence-electron chi connectivity index (χ2n) is 15.3. The fourth-order valence-electron chi connectivity index (χ4n) is 5.30. The minimum Gasteiger partial charge on any atom is -0.444 e. The van der Waals surface area contributed by atoms with Crippen LogP contribution >= 0.6 is 15.9 Å². The molecule has 4 rings (SSSR count). The van der Waals surface area contributed by atoms with Gasteiger partial charge in [-0.15, -0.1) is 0 Å². The Labute approximate surface area is 331 Å². The van der Waals surface area contributed by atoms with E-state index in [9.17, 15) is 48.6 Å². The third-order valence-corrected chi connectivity index (χ3v) is 12.0. The summed E-state index contributed by atoms with van der Waals surface area (Å²) in [5.41, 5.74) is -2.59. The number of carbonyl (C=O) groups excluding carboxylic acids is 2. The summed E-state index contributed by atoms with van der Waals surface area (Å²) in [4.78, 5) is 27.4. The Hall–Kier alpha value is -2.86. The van der Waals surface area contributed by atoms with Crippen LogP contribution in [0.4, 0.5) is 35.9 Å². The molecule has 9 nitrogen and oxygen atoms in total. The van der Waals surface area contributed by atoms with Gasteiger partial charge < -0.3 is 19.3 Å². The monoisotopic (exact) mass is 892 g/mol. The minimum atomic E-state index is -4.50. The van der Waals surface area contributed by atoms with Gasteiger partial charge in [0.05, 0.1) is 21.8 Å². The van der Waals surface area contributed by atoms with Gasteiger partial charge in [0.2, 0.25) is 0 Å². The molecule has 0 spiro atoms. The van der Waals surface area contributed by atoms with E-state index in [1.807, 2.05) is 25.7 Å². The fourth-order valence-corrected chi connectivity index (χ4v) is 8.16. The summed E-state index contributed by atoms with van der Waals surface area (Å²) in [6.45, 7) is 13.4. The van der Waals surface area contributed by atoms with E-state index in [1.165, 1.54) is 18.4 Å². The van der Waals surface area contributed by atoms with Crippen molar-refractivity contribution < 1.29 is 58.0 Å². The van der Waals surface area contributed by atoms with Gasteiger partial charge in [-0.2, -0.15) is 26.3 Å². The van der Waals surface area contributed by atoms with Gasteiger partial charge in [0.15, 0.2) is 9.84 Å². The zero-order valence-corrected chi connectivity index (χ0v) is 35.3. The van der Waals surface area contributed by atoms with E-state index < -0.39 is 55.8 Å². The van der Waals surface area contributed by atoms with Crippen LogP contribution in [-0.2, 0) is 42.5 Å². The third-order valence-electron chi connectivity index (χ3n) is 8.26. The van der Waals surface area contributed by atoms with Gasteiger partial charge in [-0.05, 0) is 128 Å². The SMILES string of the molecule is CC(C)(C)OC(=O)N1CCC(CBr)CC1.CC(C)(C)OC(=O)N1CCC(CS(=O)(=O)c2ccc(C(F)(F)F)cc2)CC1.CS(=O)c1ccc(C(F)(F)F)cc1. The molecule has 0 N–H and O–H groups in total. The molecule has 0 aliphatic carbocycles. The Bertz CT molecular complexity index is 1660. The molecule has 1 atom stereocenters. The second-order valence-corrected chi connectivity index (χ2v) is 19.3. The molecular weight excluding hydrogens is 842 g/mol. The van der Waals surface area contributed by atoms with E-state index in [4.69, 9.17) is 9.47 Å². The molecule has 2 aliphatic heterocycles. The minimum absolute atomic E-state index is 0.120. The number of hydrogen-bond acceptors (Lipinski definition) is 7. The first-order valence-electron chi connectivity index (χ1n) is 17.5. The van der Waals surface area contributed by atoms with E-state index in [-0.39, 0.29) is 28.3 Å². The largest absolute Gasteiger partial charge is 0.444 e. The zero-order chi connectivity index (χ0) is 42.0. The Balaban J connectivity index is 0.000000314. The standard InChI is InChI=1S/C18H24F3NO4S.C11H20BrNO2.C8H7F3OS/c1-17(2,3)26-16(23)22-10-8-13(9-11-22)12-27(24,25)15-6-4-14(5-7-15)18(19,20)21;1-11(2,3)15-10(14)13-6-4-9(8-12)5-7-13;1-13(12)7-4-2-6(3-5-7)8(9,10)11/h4-7,13H,8-12H2,1-3H3;9H,4-8H2,1-3H3;2-5H,1H3. The molecular formula is C37H51BrF6N2O7S2. The second kappa shape index (κ2) is 20.0. The number of benzene rings is 2. The third kappa shape index (κ3) is 17.4. The Morgan fingerprint density at radius 2 is 1.04 bits per heavy atom. The van der Waals surface area contributed by atoms with Crippen LogP contribution in [-0.4, -0.2) is 89.3 Å². The Kier molecular flexibility index (Phi) is 17.6. The molecule has 2 saturated heterocycles. The van der Waals surface area contributed by atoms with Crippen LogP contribution < -0.4 is 0 Å². The van der Waals surface area contributed by atoms with Gasteiger partial charge in [0.25, 0.3) is 0 Å². The summed E-state index contributed by atoms with van der Waals surface area (Å²) in [6.07, 6.45) is -4.86. The maximum Gasteiger partial charge on any atom is 0.416 e. The highest BCUT2D eigenvalue weighted by Gasteiger charge is 2.33. The van der Waals surface area contributed by atoms with Crippen LogP contribution in [0, 0.1) is 11.8 Å². The molecule has 0 aromatic heterocycles. The van der Waals surface area contributed by atoms with E-state index in [0.717, 1.165) is 67.7 Å². The highest BCUT2D eigenvalue weighted by Crippen LogP contribution is 2.31. The highest BCUT2D eigenvalue weighted by molar-refractivity contribution is 9.09. The van der Waals surface area contributed by atoms with Crippen LogP contribution in [0.1, 0.15) is 78.4 Å². The van der Waals surface area contributed by atoms with Gasteiger partial charge in [-0.3, -0.25) is 4.21 Å². The molecule has 55 heavy (non-hydrogen) atoms. The van der Waals surface area contributed by atoms with Crippen molar-refractivity contribution in [1.29, 1.82) is 0 Å². The molecule has 2 heterocycles. The number of likely N-dealkylation sites (tertiary alicyclic amines) is 2. The quantitative estimate of drug-likeness (QED) is 0.217. The van der Waals surface area contributed by atoms with E-state index in [0.29, 0.717) is 36.7 Å². The van der Waals surface area contributed by atoms with Crippen molar-refractivity contribution in [2.24, 2.45) is 11.8 Å². The normalized spacial score (nSPS) is 16.9. The molecule has 2 amide bonds. The lowest BCUT2D eigenvalue weighted by atomic mass is 9.99. The summed E-state index contributed by atoms with van der Waals surface area (Å²) in [5, 5.41) is 1.04. The van der Waals surface area contributed by atoms with Gasteiger partial charge in [0, 0.05) is 53.5 Å². The fraction of sp³-hybridized carbons (Fsp3) is 0.622. The van der Waals surface area contributed by atoms with Crippen molar-refractivity contribution in [2.75, 3.05) is 43.5 Å². The first-order chi connectivity index (χ1) is 25.1. The zero-order valence-electron chi connectivity index (χ0n) is 32.1. The summed E-state index contributed by atoms with van der Waals surface area (Å²) in [6, 6.07) is 7.84. The number of piperidine rings is 2. The maximum atomic E-state index is 12.6. The van der Waals surface area contributed by atoms with Crippen molar-refractivity contribution in [3.63, 3.8) is 0 Å².